The van der Waals surface area contributed by atoms with Gasteiger partial charge in [0.25, 0.3) is 5.91 Å². The highest BCUT2D eigenvalue weighted by atomic mass is 35.5. The van der Waals surface area contributed by atoms with Crippen molar-refractivity contribution in [1.29, 1.82) is 0 Å². The summed E-state index contributed by atoms with van der Waals surface area (Å²) < 4.78 is 0. The number of pyridine rings is 1. The number of hydrogen-bond acceptors (Lipinski definition) is 3. The summed E-state index contributed by atoms with van der Waals surface area (Å²) >= 11 is 5.63. The molecule has 2 rings (SSSR count). The zero-order valence-corrected chi connectivity index (χ0v) is 9.72. The molecule has 1 fully saturated rings. The lowest BCUT2D eigenvalue weighted by atomic mass is 10.1. The van der Waals surface area contributed by atoms with Crippen LogP contribution in [-0.2, 0) is 4.79 Å². The molecule has 1 atom stereocenters. The van der Waals surface area contributed by atoms with Gasteiger partial charge >= 0.3 is 5.97 Å². The molecule has 0 radical (unpaired) electrons. The van der Waals surface area contributed by atoms with Crippen molar-refractivity contribution in [3.8, 4) is 0 Å². The van der Waals surface area contributed by atoms with Crippen LogP contribution in [-0.4, -0.2) is 40.0 Å². The van der Waals surface area contributed by atoms with Gasteiger partial charge < -0.3 is 10.0 Å². The number of halogens is 1. The Bertz CT molecular complexity index is 447. The lowest BCUT2D eigenvalue weighted by molar-refractivity contribution is -0.141. The third-order valence-electron chi connectivity index (χ3n) is 2.80. The number of aliphatic carboxylic acids is 1. The summed E-state index contributed by atoms with van der Waals surface area (Å²) in [4.78, 5) is 28.1. The fraction of sp³-hybridized carbons (Fsp3) is 0.364. The van der Waals surface area contributed by atoms with Gasteiger partial charge in [0.1, 0.15) is 5.15 Å². The quantitative estimate of drug-likeness (QED) is 0.807. The van der Waals surface area contributed by atoms with Crippen LogP contribution >= 0.6 is 11.6 Å². The van der Waals surface area contributed by atoms with E-state index in [4.69, 9.17) is 16.7 Å². The van der Waals surface area contributed by atoms with Gasteiger partial charge in [0.15, 0.2) is 0 Å². The van der Waals surface area contributed by atoms with Crippen molar-refractivity contribution in [1.82, 2.24) is 9.88 Å². The van der Waals surface area contributed by atoms with Crippen molar-refractivity contribution < 1.29 is 14.7 Å². The minimum Gasteiger partial charge on any atom is -0.481 e. The van der Waals surface area contributed by atoms with Crippen LogP contribution in [0.15, 0.2) is 18.3 Å². The topological polar surface area (TPSA) is 70.5 Å². The Hall–Kier alpha value is -1.62. The van der Waals surface area contributed by atoms with Crippen LogP contribution in [0.2, 0.25) is 5.15 Å². The van der Waals surface area contributed by atoms with E-state index in [-0.39, 0.29) is 12.5 Å². The smallest absolute Gasteiger partial charge is 0.308 e. The molecule has 0 aromatic carbocycles. The largest absolute Gasteiger partial charge is 0.481 e. The van der Waals surface area contributed by atoms with E-state index in [9.17, 15) is 9.59 Å². The van der Waals surface area contributed by atoms with Crippen molar-refractivity contribution in [2.45, 2.75) is 6.42 Å². The lowest BCUT2D eigenvalue weighted by Gasteiger charge is -2.15. The number of likely N-dealkylation sites (tertiary alicyclic amines) is 1. The predicted molar refractivity (Wildman–Crippen MR) is 60.9 cm³/mol. The summed E-state index contributed by atoms with van der Waals surface area (Å²) in [7, 11) is 0. The number of amides is 1. The van der Waals surface area contributed by atoms with E-state index in [1.54, 1.807) is 12.1 Å². The Balaban J connectivity index is 2.07. The number of carbonyl (C=O) groups excluding carboxylic acids is 1. The minimum atomic E-state index is -0.852. The van der Waals surface area contributed by atoms with Crippen LogP contribution in [0.1, 0.15) is 16.8 Å². The van der Waals surface area contributed by atoms with Gasteiger partial charge in [0.2, 0.25) is 0 Å². The molecule has 1 aromatic heterocycles. The van der Waals surface area contributed by atoms with Gasteiger partial charge in [-0.15, -0.1) is 0 Å². The molecule has 17 heavy (non-hydrogen) atoms. The molecule has 1 aliphatic heterocycles. The van der Waals surface area contributed by atoms with Crippen LogP contribution in [0.3, 0.4) is 0 Å². The number of aromatic nitrogens is 1. The molecule has 0 spiro atoms. The number of carboxylic acid groups (broad SMARTS) is 1. The van der Waals surface area contributed by atoms with Gasteiger partial charge in [0.05, 0.1) is 11.5 Å². The average Bonchev–Trinajstić information content (AvgIpc) is 2.78. The second-order valence-electron chi connectivity index (χ2n) is 3.94. The van der Waals surface area contributed by atoms with E-state index in [1.807, 2.05) is 0 Å². The molecule has 1 N–H and O–H groups in total. The molecule has 1 aliphatic rings. The van der Waals surface area contributed by atoms with Crippen LogP contribution < -0.4 is 0 Å². The van der Waals surface area contributed by atoms with Gasteiger partial charge in [0, 0.05) is 19.3 Å². The summed E-state index contributed by atoms with van der Waals surface area (Å²) in [6.07, 6.45) is 1.90. The fourth-order valence-electron chi connectivity index (χ4n) is 1.83. The monoisotopic (exact) mass is 254 g/mol. The zero-order chi connectivity index (χ0) is 12.4. The number of hydrogen-bond donors (Lipinski definition) is 1. The van der Waals surface area contributed by atoms with Crippen molar-refractivity contribution >= 4 is 23.5 Å². The number of nitrogens with zero attached hydrogens (tertiary/aromatic N) is 2. The second-order valence-corrected chi connectivity index (χ2v) is 4.33. The maximum absolute atomic E-state index is 12.0. The van der Waals surface area contributed by atoms with Gasteiger partial charge in [-0.3, -0.25) is 9.59 Å². The SMILES string of the molecule is O=C(O)[C@H]1CCN(C(=O)c2ccc(Cl)nc2)C1. The highest BCUT2D eigenvalue weighted by Crippen LogP contribution is 2.19. The molecule has 0 unspecified atom stereocenters. The summed E-state index contributed by atoms with van der Waals surface area (Å²) in [5, 5.41) is 9.18. The Morgan fingerprint density at radius 3 is 2.76 bits per heavy atom. The molecule has 0 saturated carbocycles. The summed E-state index contributed by atoms with van der Waals surface area (Å²) in [5.41, 5.74) is 0.431. The first-order chi connectivity index (χ1) is 8.08. The van der Waals surface area contributed by atoms with Gasteiger partial charge in [-0.25, -0.2) is 4.98 Å². The van der Waals surface area contributed by atoms with Gasteiger partial charge in [-0.05, 0) is 18.6 Å². The highest BCUT2D eigenvalue weighted by Gasteiger charge is 2.31. The highest BCUT2D eigenvalue weighted by molar-refractivity contribution is 6.29. The molecule has 2 heterocycles. The number of carbonyl (C=O) groups is 2. The first-order valence-electron chi connectivity index (χ1n) is 5.21. The molecule has 0 aliphatic carbocycles. The van der Waals surface area contributed by atoms with E-state index in [2.05, 4.69) is 4.98 Å². The second kappa shape index (κ2) is 4.71. The summed E-state index contributed by atoms with van der Waals surface area (Å²) in [6, 6.07) is 3.13. The van der Waals surface area contributed by atoms with E-state index < -0.39 is 11.9 Å². The number of carboxylic acids is 1. The van der Waals surface area contributed by atoms with Crippen molar-refractivity contribution in [2.75, 3.05) is 13.1 Å². The Morgan fingerprint density at radius 1 is 1.47 bits per heavy atom. The molecular weight excluding hydrogens is 244 g/mol. The Morgan fingerprint density at radius 2 is 2.24 bits per heavy atom. The number of rotatable bonds is 2. The Labute approximate surface area is 103 Å². The molecule has 1 saturated heterocycles. The van der Waals surface area contributed by atoms with Crippen LogP contribution in [0, 0.1) is 5.92 Å². The maximum atomic E-state index is 12.0. The first kappa shape index (κ1) is 11.9. The van der Waals surface area contributed by atoms with E-state index >= 15 is 0 Å². The van der Waals surface area contributed by atoms with Gasteiger partial charge in [-0.2, -0.15) is 0 Å². The van der Waals surface area contributed by atoms with Crippen molar-refractivity contribution in [3.63, 3.8) is 0 Å². The normalized spacial score (nSPS) is 19.4. The maximum Gasteiger partial charge on any atom is 0.308 e. The molecule has 90 valence electrons. The fourth-order valence-corrected chi connectivity index (χ4v) is 1.94. The van der Waals surface area contributed by atoms with Crippen molar-refractivity contribution in [2.24, 2.45) is 5.92 Å². The predicted octanol–water partition coefficient (Wildman–Crippen LogP) is 1.28. The average molecular weight is 255 g/mol. The molecule has 1 aromatic rings. The van der Waals surface area contributed by atoms with Crippen LogP contribution in [0.5, 0.6) is 0 Å². The summed E-state index contributed by atoms with van der Waals surface area (Å²) in [5.74, 6) is -1.51. The third-order valence-corrected chi connectivity index (χ3v) is 3.02. The Kier molecular flexibility index (Phi) is 3.28. The molecular formula is C11H11ClN2O3. The van der Waals surface area contributed by atoms with Gasteiger partial charge in [-0.1, -0.05) is 11.6 Å². The first-order valence-corrected chi connectivity index (χ1v) is 5.59. The summed E-state index contributed by atoms with van der Waals surface area (Å²) in [6.45, 7) is 0.731. The van der Waals surface area contributed by atoms with Crippen molar-refractivity contribution in [3.05, 3.63) is 29.0 Å². The van der Waals surface area contributed by atoms with Crippen LogP contribution in [0.4, 0.5) is 0 Å². The minimum absolute atomic E-state index is 0.196. The zero-order valence-electron chi connectivity index (χ0n) is 8.97. The molecule has 5 nitrogen and oxygen atoms in total. The van der Waals surface area contributed by atoms with E-state index in [1.165, 1.54) is 11.1 Å². The molecule has 0 bridgehead atoms. The van der Waals surface area contributed by atoms with Crippen LogP contribution in [0.25, 0.3) is 0 Å². The third kappa shape index (κ3) is 2.55. The molecule has 6 heteroatoms. The standard InChI is InChI=1S/C11H11ClN2O3/c12-9-2-1-7(5-13-9)10(15)14-4-3-8(6-14)11(16)17/h1-2,5,8H,3-4,6H2,(H,16,17)/t8-/m0/s1. The molecule has 1 amide bonds. The van der Waals surface area contributed by atoms with E-state index in [0.29, 0.717) is 23.7 Å². The van der Waals surface area contributed by atoms with E-state index in [0.717, 1.165) is 0 Å². The lowest BCUT2D eigenvalue weighted by Crippen LogP contribution is -2.29.